The van der Waals surface area contributed by atoms with E-state index in [0.29, 0.717) is 33.2 Å². The third kappa shape index (κ3) is 4.89. The maximum atomic E-state index is 12.4. The van der Waals surface area contributed by atoms with E-state index in [-0.39, 0.29) is 10.8 Å². The van der Waals surface area contributed by atoms with Crippen LogP contribution in [0.5, 0.6) is 5.75 Å². The van der Waals surface area contributed by atoms with Crippen LogP contribution >= 0.6 is 27.3 Å². The summed E-state index contributed by atoms with van der Waals surface area (Å²) in [5.74, 6) is 0.335. The van der Waals surface area contributed by atoms with Gasteiger partial charge >= 0.3 is 0 Å². The van der Waals surface area contributed by atoms with E-state index in [1.165, 1.54) is 41.8 Å². The molecule has 0 aliphatic carbocycles. The molecule has 2 N–H and O–H groups in total. The number of hydrogen-bond donors (Lipinski definition) is 2. The van der Waals surface area contributed by atoms with E-state index in [1.54, 1.807) is 23.6 Å². The van der Waals surface area contributed by atoms with Crippen LogP contribution < -0.4 is 14.8 Å². The van der Waals surface area contributed by atoms with Crippen molar-refractivity contribution in [1.82, 2.24) is 4.98 Å². The van der Waals surface area contributed by atoms with Crippen molar-refractivity contribution in [3.8, 4) is 5.75 Å². The Labute approximate surface area is 175 Å². The zero-order chi connectivity index (χ0) is 20.1. The molecule has 0 aliphatic heterocycles. The summed E-state index contributed by atoms with van der Waals surface area (Å²) in [5.41, 5.74) is 0.917. The third-order valence-electron chi connectivity index (χ3n) is 3.57. The number of carbonyl (C=O) groups excluding carboxylic acids is 1. The molecule has 1 aromatic heterocycles. The highest BCUT2D eigenvalue weighted by molar-refractivity contribution is 9.10. The Morgan fingerprint density at radius 1 is 1.21 bits per heavy atom. The molecule has 0 saturated heterocycles. The molecular formula is C18H16BrN3O4S2. The molecule has 0 aliphatic rings. The van der Waals surface area contributed by atoms with Gasteiger partial charge in [-0.25, -0.2) is 13.4 Å². The Bertz CT molecular complexity index is 1070. The number of benzene rings is 2. The van der Waals surface area contributed by atoms with Crippen molar-refractivity contribution in [2.24, 2.45) is 0 Å². The van der Waals surface area contributed by atoms with Crippen LogP contribution in [0.2, 0.25) is 0 Å². The first-order valence-electron chi connectivity index (χ1n) is 8.15. The van der Waals surface area contributed by atoms with Crippen molar-refractivity contribution in [3.05, 3.63) is 64.1 Å². The Hall–Kier alpha value is -2.43. The third-order valence-corrected chi connectivity index (χ3v) is 6.36. The lowest BCUT2D eigenvalue weighted by Crippen LogP contribution is -2.14. The van der Waals surface area contributed by atoms with Crippen LogP contribution in [0.1, 0.15) is 17.3 Å². The molecule has 3 rings (SSSR count). The molecule has 0 bridgehead atoms. The molecule has 0 spiro atoms. The van der Waals surface area contributed by atoms with E-state index in [4.69, 9.17) is 4.74 Å². The highest BCUT2D eigenvalue weighted by atomic mass is 79.9. The number of hydrogen-bond acceptors (Lipinski definition) is 6. The molecule has 0 fully saturated rings. The number of sulfonamides is 1. The highest BCUT2D eigenvalue weighted by Crippen LogP contribution is 2.26. The van der Waals surface area contributed by atoms with Crippen LogP contribution in [0.25, 0.3) is 0 Å². The van der Waals surface area contributed by atoms with Crippen LogP contribution in [0.15, 0.2) is 63.4 Å². The first-order chi connectivity index (χ1) is 13.4. The lowest BCUT2D eigenvalue weighted by atomic mass is 10.2. The van der Waals surface area contributed by atoms with E-state index in [2.05, 4.69) is 31.0 Å². The number of aromatic nitrogens is 1. The predicted octanol–water partition coefficient (Wildman–Crippen LogP) is 4.36. The highest BCUT2D eigenvalue weighted by Gasteiger charge is 2.16. The van der Waals surface area contributed by atoms with Gasteiger partial charge in [0, 0.05) is 22.8 Å². The quantitative estimate of drug-likeness (QED) is 0.522. The van der Waals surface area contributed by atoms with Gasteiger partial charge in [-0.2, -0.15) is 0 Å². The van der Waals surface area contributed by atoms with Crippen molar-refractivity contribution < 1.29 is 17.9 Å². The van der Waals surface area contributed by atoms with Gasteiger partial charge in [-0.05, 0) is 65.3 Å². The van der Waals surface area contributed by atoms with Gasteiger partial charge in [0.15, 0.2) is 5.13 Å². The van der Waals surface area contributed by atoms with Gasteiger partial charge in [0.2, 0.25) is 0 Å². The van der Waals surface area contributed by atoms with Gasteiger partial charge in [-0.15, -0.1) is 11.3 Å². The van der Waals surface area contributed by atoms with E-state index in [1.807, 2.05) is 6.92 Å². The molecule has 10 heteroatoms. The number of ether oxygens (including phenoxy) is 1. The number of rotatable bonds is 7. The molecule has 0 saturated carbocycles. The first-order valence-corrected chi connectivity index (χ1v) is 11.3. The molecule has 0 radical (unpaired) electrons. The maximum absolute atomic E-state index is 12.4. The minimum absolute atomic E-state index is 0.0736. The molecular weight excluding hydrogens is 466 g/mol. The number of amides is 1. The summed E-state index contributed by atoms with van der Waals surface area (Å²) in [7, 11) is -3.73. The van der Waals surface area contributed by atoms with Crippen LogP contribution in [0.3, 0.4) is 0 Å². The average molecular weight is 482 g/mol. The lowest BCUT2D eigenvalue weighted by molar-refractivity contribution is 0.102. The number of anilines is 2. The Morgan fingerprint density at radius 2 is 1.96 bits per heavy atom. The molecule has 3 aromatic rings. The Kier molecular flexibility index (Phi) is 6.32. The van der Waals surface area contributed by atoms with Crippen molar-refractivity contribution >= 4 is 54.0 Å². The number of halogens is 1. The van der Waals surface area contributed by atoms with Gasteiger partial charge in [0.05, 0.1) is 16.0 Å². The fourth-order valence-electron chi connectivity index (χ4n) is 2.28. The van der Waals surface area contributed by atoms with Crippen LogP contribution in [0.4, 0.5) is 10.8 Å². The number of thiazole rings is 1. The largest absolute Gasteiger partial charge is 0.493 e. The van der Waals surface area contributed by atoms with E-state index >= 15 is 0 Å². The van der Waals surface area contributed by atoms with Crippen LogP contribution in [0, 0.1) is 0 Å². The summed E-state index contributed by atoms with van der Waals surface area (Å²) in [6, 6.07) is 10.9. The standard InChI is InChI=1S/C18H16BrN3O4S2/c1-2-26-16-8-3-12(11-15(16)19)17(23)21-13-4-6-14(7-5-13)28(24,25)22-18-20-9-10-27-18/h3-11H,2H2,1H3,(H,20,22)(H,21,23). The van der Waals surface area contributed by atoms with E-state index in [9.17, 15) is 13.2 Å². The van der Waals surface area contributed by atoms with Gasteiger partial charge in [-0.1, -0.05) is 0 Å². The lowest BCUT2D eigenvalue weighted by Gasteiger charge is -2.10. The normalized spacial score (nSPS) is 11.1. The number of nitrogens with one attached hydrogen (secondary N) is 2. The van der Waals surface area contributed by atoms with Gasteiger partial charge < -0.3 is 10.1 Å². The van der Waals surface area contributed by atoms with Gasteiger partial charge in [-0.3, -0.25) is 9.52 Å². The fraction of sp³-hybridized carbons (Fsp3) is 0.111. The first kappa shape index (κ1) is 20.3. The van der Waals surface area contributed by atoms with E-state index in [0.717, 1.165) is 0 Å². The minimum Gasteiger partial charge on any atom is -0.493 e. The summed E-state index contributed by atoms with van der Waals surface area (Å²) >= 11 is 4.56. The van der Waals surface area contributed by atoms with Gasteiger partial charge in [0.25, 0.3) is 15.9 Å². The number of nitrogens with zero attached hydrogens (tertiary/aromatic N) is 1. The van der Waals surface area contributed by atoms with E-state index < -0.39 is 10.0 Å². The zero-order valence-electron chi connectivity index (χ0n) is 14.7. The average Bonchev–Trinajstić information content (AvgIpc) is 3.16. The fourth-order valence-corrected chi connectivity index (χ4v) is 4.57. The molecule has 0 unspecified atom stereocenters. The second-order valence-corrected chi connectivity index (χ2v) is 8.93. The smallest absolute Gasteiger partial charge is 0.263 e. The molecule has 1 heterocycles. The SMILES string of the molecule is CCOc1ccc(C(=O)Nc2ccc(S(=O)(=O)Nc3nccs3)cc2)cc1Br. The van der Waals surface area contributed by atoms with Crippen LogP contribution in [-0.2, 0) is 10.0 Å². The topological polar surface area (TPSA) is 97.4 Å². The Balaban J connectivity index is 1.70. The van der Waals surface area contributed by atoms with Crippen molar-refractivity contribution in [2.75, 3.05) is 16.6 Å². The summed E-state index contributed by atoms with van der Waals surface area (Å²) in [5, 5.41) is 4.70. The molecule has 2 aromatic carbocycles. The number of carbonyl (C=O) groups is 1. The maximum Gasteiger partial charge on any atom is 0.263 e. The summed E-state index contributed by atoms with van der Waals surface area (Å²) in [4.78, 5) is 16.4. The van der Waals surface area contributed by atoms with Gasteiger partial charge in [0.1, 0.15) is 5.75 Å². The second kappa shape index (κ2) is 8.72. The monoisotopic (exact) mass is 481 g/mol. The molecule has 146 valence electrons. The van der Waals surface area contributed by atoms with Crippen molar-refractivity contribution in [3.63, 3.8) is 0 Å². The molecule has 7 nitrogen and oxygen atoms in total. The minimum atomic E-state index is -3.73. The Morgan fingerprint density at radius 3 is 2.57 bits per heavy atom. The molecule has 0 atom stereocenters. The summed E-state index contributed by atoms with van der Waals surface area (Å²) < 4.78 is 33.2. The zero-order valence-corrected chi connectivity index (χ0v) is 17.9. The second-order valence-electron chi connectivity index (χ2n) is 5.50. The van der Waals surface area contributed by atoms with Crippen molar-refractivity contribution in [2.45, 2.75) is 11.8 Å². The van der Waals surface area contributed by atoms with Crippen molar-refractivity contribution in [1.29, 1.82) is 0 Å². The molecule has 1 amide bonds. The van der Waals surface area contributed by atoms with Crippen LogP contribution in [-0.4, -0.2) is 25.9 Å². The predicted molar refractivity (Wildman–Crippen MR) is 113 cm³/mol. The summed E-state index contributed by atoms with van der Waals surface area (Å²) in [6.07, 6.45) is 1.51. The summed E-state index contributed by atoms with van der Waals surface area (Å²) in [6.45, 7) is 2.40. The molecule has 28 heavy (non-hydrogen) atoms.